The summed E-state index contributed by atoms with van der Waals surface area (Å²) in [4.78, 5) is 18.8. The van der Waals surface area contributed by atoms with Crippen molar-refractivity contribution >= 4 is 22.6 Å². The van der Waals surface area contributed by atoms with Gasteiger partial charge in [-0.3, -0.25) is 4.79 Å². The maximum Gasteiger partial charge on any atom is 0.254 e. The highest BCUT2D eigenvalue weighted by Crippen LogP contribution is 2.23. The van der Waals surface area contributed by atoms with Crippen LogP contribution >= 0.6 is 0 Å². The van der Waals surface area contributed by atoms with Gasteiger partial charge in [0.2, 0.25) is 0 Å². The summed E-state index contributed by atoms with van der Waals surface area (Å²) in [5, 5.41) is 10.5. The predicted molar refractivity (Wildman–Crippen MR) is 80.7 cm³/mol. The van der Waals surface area contributed by atoms with Crippen LogP contribution in [-0.2, 0) is 0 Å². The summed E-state index contributed by atoms with van der Waals surface area (Å²) >= 11 is 0. The van der Waals surface area contributed by atoms with Crippen molar-refractivity contribution in [2.45, 2.75) is 18.9 Å². The molecule has 4 N–H and O–H groups in total. The Labute approximate surface area is 122 Å². The molecule has 0 bridgehead atoms. The van der Waals surface area contributed by atoms with Crippen LogP contribution < -0.4 is 11.3 Å². The van der Waals surface area contributed by atoms with E-state index in [1.54, 1.807) is 11.0 Å². The molecule has 1 aliphatic heterocycles. The first-order valence-corrected chi connectivity index (χ1v) is 7.03. The molecular weight excluding hydrogens is 268 g/mol. The van der Waals surface area contributed by atoms with Crippen LogP contribution in [0.3, 0.4) is 0 Å². The Kier molecular flexibility index (Phi) is 3.72. The van der Waals surface area contributed by atoms with Crippen molar-refractivity contribution in [2.24, 2.45) is 5.84 Å². The number of hydrogen-bond donors (Lipinski definition) is 3. The molecule has 1 fully saturated rings. The summed E-state index contributed by atoms with van der Waals surface area (Å²) in [5.74, 6) is 5.79. The van der Waals surface area contributed by atoms with Gasteiger partial charge >= 0.3 is 0 Å². The van der Waals surface area contributed by atoms with Crippen molar-refractivity contribution in [2.75, 3.05) is 18.5 Å². The SMILES string of the molecule is NNc1cc(C(=O)N2CCCC(O)C2)c2ccccc2n1. The van der Waals surface area contributed by atoms with E-state index in [1.807, 2.05) is 24.3 Å². The molecule has 1 aliphatic rings. The van der Waals surface area contributed by atoms with Crippen LogP contribution in [0.2, 0.25) is 0 Å². The topological polar surface area (TPSA) is 91.5 Å². The number of hydrazine groups is 1. The molecule has 0 aliphatic carbocycles. The summed E-state index contributed by atoms with van der Waals surface area (Å²) in [6, 6.07) is 9.12. The van der Waals surface area contributed by atoms with E-state index >= 15 is 0 Å². The van der Waals surface area contributed by atoms with Gasteiger partial charge in [0.15, 0.2) is 0 Å². The number of fused-ring (bicyclic) bond motifs is 1. The lowest BCUT2D eigenvalue weighted by molar-refractivity contribution is 0.0475. The molecule has 1 aromatic heterocycles. The van der Waals surface area contributed by atoms with Gasteiger partial charge in [-0.15, -0.1) is 0 Å². The molecular formula is C15H18N4O2. The molecule has 3 rings (SSSR count). The highest BCUT2D eigenvalue weighted by atomic mass is 16.3. The van der Waals surface area contributed by atoms with Crippen molar-refractivity contribution in [1.29, 1.82) is 0 Å². The van der Waals surface area contributed by atoms with E-state index in [0.29, 0.717) is 30.0 Å². The molecule has 110 valence electrons. The first kappa shape index (κ1) is 13.8. The highest BCUT2D eigenvalue weighted by Gasteiger charge is 2.24. The number of aliphatic hydroxyl groups is 1. The number of nitrogen functional groups attached to an aromatic ring is 1. The number of aromatic nitrogens is 1. The van der Waals surface area contributed by atoms with Crippen LogP contribution in [0.5, 0.6) is 0 Å². The fourth-order valence-electron chi connectivity index (χ4n) is 2.74. The molecule has 1 aromatic carbocycles. The predicted octanol–water partition coefficient (Wildman–Crippen LogP) is 1.12. The number of benzene rings is 1. The lowest BCUT2D eigenvalue weighted by Gasteiger charge is -2.30. The Morgan fingerprint density at radius 1 is 1.43 bits per heavy atom. The minimum atomic E-state index is -0.442. The summed E-state index contributed by atoms with van der Waals surface area (Å²) in [5.41, 5.74) is 3.77. The fraction of sp³-hybridized carbons (Fsp3) is 0.333. The zero-order valence-corrected chi connectivity index (χ0v) is 11.6. The Morgan fingerprint density at radius 2 is 2.24 bits per heavy atom. The maximum absolute atomic E-state index is 12.7. The Balaban J connectivity index is 2.04. The van der Waals surface area contributed by atoms with Gasteiger partial charge in [-0.05, 0) is 25.0 Å². The van der Waals surface area contributed by atoms with Crippen molar-refractivity contribution in [3.63, 3.8) is 0 Å². The van der Waals surface area contributed by atoms with E-state index in [0.717, 1.165) is 18.2 Å². The number of pyridine rings is 1. The first-order chi connectivity index (χ1) is 10.2. The average Bonchev–Trinajstić information content (AvgIpc) is 2.53. The molecule has 2 heterocycles. The number of para-hydroxylation sites is 1. The number of nitrogens with one attached hydrogen (secondary N) is 1. The summed E-state index contributed by atoms with van der Waals surface area (Å²) < 4.78 is 0. The second-order valence-corrected chi connectivity index (χ2v) is 5.26. The summed E-state index contributed by atoms with van der Waals surface area (Å²) in [7, 11) is 0. The quantitative estimate of drug-likeness (QED) is 0.568. The molecule has 2 aromatic rings. The van der Waals surface area contributed by atoms with Gasteiger partial charge in [0.05, 0.1) is 17.2 Å². The van der Waals surface area contributed by atoms with Crippen LogP contribution in [0.25, 0.3) is 10.9 Å². The number of rotatable bonds is 2. The molecule has 21 heavy (non-hydrogen) atoms. The Hall–Kier alpha value is -2.18. The number of likely N-dealkylation sites (tertiary alicyclic amines) is 1. The number of piperidine rings is 1. The van der Waals surface area contributed by atoms with E-state index in [4.69, 9.17) is 5.84 Å². The average molecular weight is 286 g/mol. The molecule has 6 heteroatoms. The smallest absolute Gasteiger partial charge is 0.254 e. The van der Waals surface area contributed by atoms with E-state index < -0.39 is 6.10 Å². The van der Waals surface area contributed by atoms with Gasteiger partial charge < -0.3 is 15.4 Å². The van der Waals surface area contributed by atoms with Gasteiger partial charge in [0.25, 0.3) is 5.91 Å². The second kappa shape index (κ2) is 5.67. The third kappa shape index (κ3) is 2.68. The molecule has 1 atom stereocenters. The number of β-amino-alcohol motifs (C(OH)–C–C–N with tert-alkyl or cyclic N) is 1. The molecule has 1 amide bonds. The van der Waals surface area contributed by atoms with Gasteiger partial charge in [-0.1, -0.05) is 18.2 Å². The van der Waals surface area contributed by atoms with Crippen molar-refractivity contribution in [1.82, 2.24) is 9.88 Å². The van der Waals surface area contributed by atoms with Gasteiger partial charge in [0, 0.05) is 18.5 Å². The number of anilines is 1. The van der Waals surface area contributed by atoms with Crippen LogP contribution in [0, 0.1) is 0 Å². The van der Waals surface area contributed by atoms with E-state index in [1.165, 1.54) is 0 Å². The van der Waals surface area contributed by atoms with E-state index in [9.17, 15) is 9.90 Å². The standard InChI is InChI=1S/C15H18N4O2/c16-18-14-8-12(11-5-1-2-6-13(11)17-14)15(21)19-7-3-4-10(20)9-19/h1-2,5-6,8,10,20H,3-4,7,9,16H2,(H,17,18). The Bertz CT molecular complexity index is 674. The summed E-state index contributed by atoms with van der Waals surface area (Å²) in [6.07, 6.45) is 1.12. The van der Waals surface area contributed by atoms with Crippen molar-refractivity contribution in [3.05, 3.63) is 35.9 Å². The summed E-state index contributed by atoms with van der Waals surface area (Å²) in [6.45, 7) is 1.04. The molecule has 0 saturated carbocycles. The zero-order chi connectivity index (χ0) is 14.8. The van der Waals surface area contributed by atoms with Gasteiger partial charge in [0.1, 0.15) is 5.82 Å². The molecule has 1 unspecified atom stereocenters. The second-order valence-electron chi connectivity index (χ2n) is 5.26. The number of carbonyl (C=O) groups is 1. The number of hydrogen-bond acceptors (Lipinski definition) is 5. The zero-order valence-electron chi connectivity index (χ0n) is 11.6. The van der Waals surface area contributed by atoms with Gasteiger partial charge in [-0.2, -0.15) is 0 Å². The maximum atomic E-state index is 12.7. The number of aliphatic hydroxyl groups excluding tert-OH is 1. The van der Waals surface area contributed by atoms with E-state index in [2.05, 4.69) is 10.4 Å². The molecule has 0 radical (unpaired) electrons. The minimum absolute atomic E-state index is 0.0937. The lowest BCUT2D eigenvalue weighted by Crippen LogP contribution is -2.42. The number of carbonyl (C=O) groups excluding carboxylic acids is 1. The Morgan fingerprint density at radius 3 is 3.00 bits per heavy atom. The molecule has 0 spiro atoms. The first-order valence-electron chi connectivity index (χ1n) is 7.03. The van der Waals surface area contributed by atoms with Gasteiger partial charge in [-0.25, -0.2) is 10.8 Å². The number of nitrogens with zero attached hydrogens (tertiary/aromatic N) is 2. The molecule has 1 saturated heterocycles. The largest absolute Gasteiger partial charge is 0.391 e. The fourth-order valence-corrected chi connectivity index (χ4v) is 2.74. The monoisotopic (exact) mass is 286 g/mol. The normalized spacial score (nSPS) is 18.8. The third-order valence-corrected chi connectivity index (χ3v) is 3.78. The highest BCUT2D eigenvalue weighted by molar-refractivity contribution is 6.07. The minimum Gasteiger partial charge on any atom is -0.391 e. The van der Waals surface area contributed by atoms with Crippen molar-refractivity contribution < 1.29 is 9.90 Å². The molecule has 6 nitrogen and oxygen atoms in total. The van der Waals surface area contributed by atoms with E-state index in [-0.39, 0.29) is 5.91 Å². The van der Waals surface area contributed by atoms with Crippen LogP contribution in [-0.4, -0.2) is 40.1 Å². The van der Waals surface area contributed by atoms with Crippen molar-refractivity contribution in [3.8, 4) is 0 Å². The van der Waals surface area contributed by atoms with Crippen LogP contribution in [0.4, 0.5) is 5.82 Å². The number of amides is 1. The van der Waals surface area contributed by atoms with Crippen LogP contribution in [0.15, 0.2) is 30.3 Å². The third-order valence-electron chi connectivity index (χ3n) is 3.78. The number of nitrogens with two attached hydrogens (primary N) is 1. The lowest BCUT2D eigenvalue weighted by atomic mass is 10.0. The van der Waals surface area contributed by atoms with Crippen LogP contribution in [0.1, 0.15) is 23.2 Å².